The molecule has 0 fully saturated rings. The Bertz CT molecular complexity index is 1120. The zero-order chi connectivity index (χ0) is 19.7. The summed E-state index contributed by atoms with van der Waals surface area (Å²) in [5.74, 6) is 0.167. The van der Waals surface area contributed by atoms with Crippen molar-refractivity contribution in [3.63, 3.8) is 0 Å². The van der Waals surface area contributed by atoms with Crippen LogP contribution in [0.4, 0.5) is 0 Å². The van der Waals surface area contributed by atoms with Gasteiger partial charge in [0.2, 0.25) is 0 Å². The van der Waals surface area contributed by atoms with Crippen molar-refractivity contribution in [1.29, 1.82) is 0 Å². The normalized spacial score (nSPS) is 10.8. The molecule has 4 aromatic rings. The van der Waals surface area contributed by atoms with Gasteiger partial charge in [-0.25, -0.2) is 4.98 Å². The number of hydrogen-bond acceptors (Lipinski definition) is 2. The van der Waals surface area contributed by atoms with Crippen molar-refractivity contribution in [2.24, 2.45) is 5.73 Å². The van der Waals surface area contributed by atoms with Crippen molar-refractivity contribution in [3.05, 3.63) is 95.8 Å². The molecule has 4 nitrogen and oxygen atoms in total. The molecule has 1 amide bonds. The molecule has 0 spiro atoms. The molecule has 28 heavy (non-hydrogen) atoms. The first-order chi connectivity index (χ1) is 13.5. The fraction of sp³-hybridized carbons (Fsp3) is 0.0833. The summed E-state index contributed by atoms with van der Waals surface area (Å²) in [5, 5.41) is 0. The van der Waals surface area contributed by atoms with E-state index < -0.39 is 5.91 Å². The van der Waals surface area contributed by atoms with Crippen molar-refractivity contribution < 1.29 is 4.79 Å². The molecule has 1 heterocycles. The van der Waals surface area contributed by atoms with Crippen LogP contribution in [0.1, 0.15) is 21.6 Å². The van der Waals surface area contributed by atoms with Gasteiger partial charge >= 0.3 is 0 Å². The van der Waals surface area contributed by atoms with Crippen LogP contribution in [0.15, 0.2) is 79.0 Å². The lowest BCUT2D eigenvalue weighted by Gasteiger charge is -2.16. The van der Waals surface area contributed by atoms with Gasteiger partial charge in [0.25, 0.3) is 5.91 Å². The molecule has 0 unspecified atom stereocenters. The largest absolute Gasteiger partial charge is 0.364 e. The van der Waals surface area contributed by atoms with Crippen LogP contribution in [0.5, 0.6) is 0 Å². The van der Waals surface area contributed by atoms with Gasteiger partial charge < -0.3 is 5.73 Å². The van der Waals surface area contributed by atoms with Crippen LogP contribution in [0.2, 0.25) is 0 Å². The van der Waals surface area contributed by atoms with E-state index in [4.69, 9.17) is 5.73 Å². The predicted octanol–water partition coefficient (Wildman–Crippen LogP) is 4.92. The molecule has 0 aliphatic heterocycles. The van der Waals surface area contributed by atoms with Crippen LogP contribution in [0.25, 0.3) is 28.2 Å². The van der Waals surface area contributed by atoms with Crippen LogP contribution >= 0.6 is 0 Å². The van der Waals surface area contributed by atoms with Gasteiger partial charge in [0.05, 0.1) is 5.69 Å². The van der Waals surface area contributed by atoms with Crippen molar-refractivity contribution in [2.45, 2.75) is 13.8 Å². The third-order valence-electron chi connectivity index (χ3n) is 4.83. The Kier molecular flexibility index (Phi) is 4.53. The Morgan fingerprint density at radius 1 is 0.821 bits per heavy atom. The molecule has 0 aliphatic rings. The van der Waals surface area contributed by atoms with Gasteiger partial charge in [-0.3, -0.25) is 9.36 Å². The minimum Gasteiger partial charge on any atom is -0.364 e. The lowest BCUT2D eigenvalue weighted by molar-refractivity contribution is 0.0996. The van der Waals surface area contributed by atoms with Crippen molar-refractivity contribution in [1.82, 2.24) is 9.55 Å². The maximum atomic E-state index is 11.8. The Balaban J connectivity index is 1.91. The number of rotatable bonds is 4. The predicted molar refractivity (Wildman–Crippen MR) is 112 cm³/mol. The first kappa shape index (κ1) is 17.7. The van der Waals surface area contributed by atoms with E-state index in [0.717, 1.165) is 27.9 Å². The summed E-state index contributed by atoms with van der Waals surface area (Å²) in [5.41, 5.74) is 12.3. The summed E-state index contributed by atoms with van der Waals surface area (Å²) in [6, 6.07) is 24.4. The molecule has 4 heteroatoms. The van der Waals surface area contributed by atoms with Crippen LogP contribution in [-0.2, 0) is 0 Å². The highest BCUT2D eigenvalue weighted by Crippen LogP contribution is 2.31. The van der Waals surface area contributed by atoms with Gasteiger partial charge in [0.15, 0.2) is 0 Å². The Morgan fingerprint density at radius 2 is 1.36 bits per heavy atom. The van der Waals surface area contributed by atoms with E-state index in [0.29, 0.717) is 5.82 Å². The monoisotopic (exact) mass is 367 g/mol. The molecule has 0 bridgehead atoms. The summed E-state index contributed by atoms with van der Waals surface area (Å²) in [7, 11) is 0. The average molecular weight is 367 g/mol. The van der Waals surface area contributed by atoms with Crippen LogP contribution in [0.3, 0.4) is 0 Å². The van der Waals surface area contributed by atoms with Gasteiger partial charge in [-0.1, -0.05) is 60.7 Å². The van der Waals surface area contributed by atoms with E-state index in [1.165, 1.54) is 5.56 Å². The van der Waals surface area contributed by atoms with E-state index in [9.17, 15) is 4.79 Å². The quantitative estimate of drug-likeness (QED) is 0.556. The van der Waals surface area contributed by atoms with Crippen LogP contribution in [-0.4, -0.2) is 15.5 Å². The van der Waals surface area contributed by atoms with E-state index >= 15 is 0 Å². The number of primary amides is 1. The zero-order valence-corrected chi connectivity index (χ0v) is 15.9. The van der Waals surface area contributed by atoms with Gasteiger partial charge in [-0.15, -0.1) is 0 Å². The average Bonchev–Trinajstić information content (AvgIpc) is 3.14. The smallest absolute Gasteiger partial charge is 0.268 e. The number of aromatic nitrogens is 2. The fourth-order valence-corrected chi connectivity index (χ4v) is 3.59. The second-order valence-electron chi connectivity index (χ2n) is 6.87. The third-order valence-corrected chi connectivity index (χ3v) is 4.83. The zero-order valence-electron chi connectivity index (χ0n) is 15.9. The molecule has 0 aliphatic carbocycles. The second kappa shape index (κ2) is 7.16. The molecule has 3 aromatic carbocycles. The van der Waals surface area contributed by atoms with Gasteiger partial charge in [-0.05, 0) is 48.2 Å². The molecule has 0 saturated heterocycles. The Morgan fingerprint density at radius 3 is 1.89 bits per heavy atom. The van der Waals surface area contributed by atoms with Gasteiger partial charge in [-0.2, -0.15) is 0 Å². The number of aryl methyl sites for hydroxylation is 2. The van der Waals surface area contributed by atoms with E-state index in [1.807, 2.05) is 53.1 Å². The topological polar surface area (TPSA) is 60.9 Å². The van der Waals surface area contributed by atoms with E-state index in [2.05, 4.69) is 43.1 Å². The van der Waals surface area contributed by atoms with Crippen LogP contribution in [0, 0.1) is 13.8 Å². The maximum Gasteiger partial charge on any atom is 0.268 e. The standard InChI is InChI=1S/C24H21N3O/c1-16-13-20(18-9-5-3-6-10-18)14-17(2)22(16)27-15-21(23(25)28)26-24(27)19-11-7-4-8-12-19/h3-15H,1-2H3,(H2,25,28). The van der Waals surface area contributed by atoms with Crippen LogP contribution < -0.4 is 5.73 Å². The highest BCUT2D eigenvalue weighted by Gasteiger charge is 2.18. The van der Waals surface area contributed by atoms with Crippen molar-refractivity contribution in [3.8, 4) is 28.2 Å². The minimum absolute atomic E-state index is 0.254. The summed E-state index contributed by atoms with van der Waals surface area (Å²) in [6.45, 7) is 4.15. The van der Waals surface area contributed by atoms with Gasteiger partial charge in [0, 0.05) is 11.8 Å². The van der Waals surface area contributed by atoms with E-state index in [-0.39, 0.29) is 5.69 Å². The first-order valence-corrected chi connectivity index (χ1v) is 9.16. The number of nitrogens with zero attached hydrogens (tertiary/aromatic N) is 2. The highest BCUT2D eigenvalue weighted by molar-refractivity contribution is 5.91. The molecule has 0 radical (unpaired) electrons. The number of benzene rings is 3. The van der Waals surface area contributed by atoms with E-state index in [1.54, 1.807) is 6.20 Å². The highest BCUT2D eigenvalue weighted by atomic mass is 16.1. The number of carbonyl (C=O) groups is 1. The summed E-state index contributed by atoms with van der Waals surface area (Å²) >= 11 is 0. The number of imidazole rings is 1. The Labute approximate surface area is 164 Å². The molecule has 4 rings (SSSR count). The number of carbonyl (C=O) groups excluding carboxylic acids is 1. The number of nitrogens with two attached hydrogens (primary N) is 1. The number of hydrogen-bond donors (Lipinski definition) is 1. The Hall–Kier alpha value is -3.66. The fourth-order valence-electron chi connectivity index (χ4n) is 3.59. The summed E-state index contributed by atoms with van der Waals surface area (Å²) in [6.07, 6.45) is 1.72. The lowest BCUT2D eigenvalue weighted by atomic mass is 9.98. The molecular formula is C24H21N3O. The summed E-state index contributed by atoms with van der Waals surface area (Å²) < 4.78 is 1.97. The van der Waals surface area contributed by atoms with Crippen molar-refractivity contribution >= 4 is 5.91 Å². The molecule has 138 valence electrons. The SMILES string of the molecule is Cc1cc(-c2ccccc2)cc(C)c1-n1cc(C(N)=O)nc1-c1ccccc1. The first-order valence-electron chi connectivity index (χ1n) is 9.16. The molecule has 0 saturated carbocycles. The second-order valence-corrected chi connectivity index (χ2v) is 6.87. The molecule has 0 atom stereocenters. The number of amides is 1. The summed E-state index contributed by atoms with van der Waals surface area (Å²) in [4.78, 5) is 16.3. The van der Waals surface area contributed by atoms with Crippen molar-refractivity contribution in [2.75, 3.05) is 0 Å². The molecule has 2 N–H and O–H groups in total. The molecular weight excluding hydrogens is 346 g/mol. The third kappa shape index (κ3) is 3.21. The van der Waals surface area contributed by atoms with Gasteiger partial charge in [0.1, 0.15) is 11.5 Å². The maximum absolute atomic E-state index is 11.8. The molecule has 1 aromatic heterocycles. The lowest BCUT2D eigenvalue weighted by Crippen LogP contribution is -2.11. The minimum atomic E-state index is -0.535.